The second kappa shape index (κ2) is 7.52. The van der Waals surface area contributed by atoms with Crippen molar-refractivity contribution in [3.8, 4) is 16.9 Å². The Morgan fingerprint density at radius 3 is 2.48 bits per heavy atom. The molecule has 0 bridgehead atoms. The van der Waals surface area contributed by atoms with E-state index < -0.39 is 0 Å². The van der Waals surface area contributed by atoms with Crippen LogP contribution in [0.2, 0.25) is 0 Å². The third kappa shape index (κ3) is 3.40. The summed E-state index contributed by atoms with van der Waals surface area (Å²) in [5.74, 6) is 0.748. The van der Waals surface area contributed by atoms with Gasteiger partial charge in [0.2, 0.25) is 0 Å². The van der Waals surface area contributed by atoms with Crippen LogP contribution in [0.4, 0.5) is 0 Å². The standard InChI is InChI=1S/C22H18N6S/c1-27-21-19(12-25-27)22(24-15-23-21)29-14-17-13-28(18-10-6-3-7-11-18)26-20(17)16-8-4-2-5-9-16/h2-13,15H,14H2,1H3. The molecule has 0 radical (unpaired) electrons. The maximum atomic E-state index is 4.88. The van der Waals surface area contributed by atoms with E-state index >= 15 is 0 Å². The second-order valence-electron chi connectivity index (χ2n) is 6.62. The Kier molecular flexibility index (Phi) is 4.57. The number of thioether (sulfide) groups is 1. The summed E-state index contributed by atoms with van der Waals surface area (Å²) in [5, 5.41) is 11.1. The molecule has 5 aromatic rings. The fraction of sp³-hybridized carbons (Fsp3) is 0.0909. The van der Waals surface area contributed by atoms with Crippen molar-refractivity contribution in [2.45, 2.75) is 10.8 Å². The molecule has 0 amide bonds. The van der Waals surface area contributed by atoms with E-state index in [-0.39, 0.29) is 0 Å². The minimum absolute atomic E-state index is 0.748. The fourth-order valence-electron chi connectivity index (χ4n) is 3.27. The van der Waals surface area contributed by atoms with Crippen molar-refractivity contribution in [1.29, 1.82) is 0 Å². The van der Waals surface area contributed by atoms with Crippen LogP contribution in [-0.2, 0) is 12.8 Å². The van der Waals surface area contributed by atoms with Crippen molar-refractivity contribution in [1.82, 2.24) is 29.5 Å². The molecule has 0 spiro atoms. The summed E-state index contributed by atoms with van der Waals surface area (Å²) in [6.45, 7) is 0. The molecule has 0 saturated carbocycles. The summed E-state index contributed by atoms with van der Waals surface area (Å²) >= 11 is 1.68. The fourth-order valence-corrected chi connectivity index (χ4v) is 4.19. The number of nitrogens with zero attached hydrogens (tertiary/aromatic N) is 6. The maximum absolute atomic E-state index is 4.88. The first-order valence-electron chi connectivity index (χ1n) is 9.24. The van der Waals surface area contributed by atoms with Crippen molar-refractivity contribution in [3.63, 3.8) is 0 Å². The molecule has 0 atom stereocenters. The lowest BCUT2D eigenvalue weighted by atomic mass is 10.1. The zero-order valence-corrected chi connectivity index (χ0v) is 16.6. The van der Waals surface area contributed by atoms with E-state index in [1.165, 1.54) is 0 Å². The molecule has 0 aliphatic rings. The molecule has 142 valence electrons. The van der Waals surface area contributed by atoms with Crippen molar-refractivity contribution in [2.75, 3.05) is 0 Å². The van der Waals surface area contributed by atoms with E-state index in [4.69, 9.17) is 5.10 Å². The number of benzene rings is 2. The van der Waals surface area contributed by atoms with Gasteiger partial charge in [0.15, 0.2) is 5.65 Å². The van der Waals surface area contributed by atoms with E-state index in [9.17, 15) is 0 Å². The summed E-state index contributed by atoms with van der Waals surface area (Å²) in [6.07, 6.45) is 5.52. The zero-order chi connectivity index (χ0) is 19.6. The largest absolute Gasteiger partial charge is 0.250 e. The van der Waals surface area contributed by atoms with Gasteiger partial charge in [-0.1, -0.05) is 48.5 Å². The van der Waals surface area contributed by atoms with Crippen LogP contribution >= 0.6 is 11.8 Å². The van der Waals surface area contributed by atoms with Crippen LogP contribution in [0.15, 0.2) is 84.4 Å². The van der Waals surface area contributed by atoms with Crippen LogP contribution in [0.3, 0.4) is 0 Å². The van der Waals surface area contributed by atoms with E-state index in [1.54, 1.807) is 22.8 Å². The lowest BCUT2D eigenvalue weighted by Crippen LogP contribution is -1.93. The molecule has 2 aromatic carbocycles. The molecule has 0 fully saturated rings. The molecule has 0 saturated heterocycles. The van der Waals surface area contributed by atoms with Gasteiger partial charge in [-0.15, -0.1) is 11.8 Å². The van der Waals surface area contributed by atoms with Gasteiger partial charge >= 0.3 is 0 Å². The Hall–Kier alpha value is -3.45. The number of para-hydroxylation sites is 1. The molecule has 7 heteroatoms. The van der Waals surface area contributed by atoms with Crippen LogP contribution < -0.4 is 0 Å². The molecule has 3 heterocycles. The van der Waals surface area contributed by atoms with E-state index in [2.05, 4.69) is 45.5 Å². The quantitative estimate of drug-likeness (QED) is 0.322. The smallest absolute Gasteiger partial charge is 0.162 e. The summed E-state index contributed by atoms with van der Waals surface area (Å²) in [5.41, 5.74) is 5.12. The summed E-state index contributed by atoms with van der Waals surface area (Å²) in [4.78, 5) is 8.80. The molecule has 0 aliphatic carbocycles. The van der Waals surface area contributed by atoms with Gasteiger partial charge in [-0.05, 0) is 12.1 Å². The third-order valence-corrected chi connectivity index (χ3v) is 5.77. The van der Waals surface area contributed by atoms with Gasteiger partial charge in [0.05, 0.1) is 23.0 Å². The number of rotatable bonds is 5. The molecule has 0 aliphatic heterocycles. The van der Waals surface area contributed by atoms with Gasteiger partial charge in [-0.2, -0.15) is 10.2 Å². The number of aromatic nitrogens is 6. The Balaban J connectivity index is 1.52. The van der Waals surface area contributed by atoms with Crippen LogP contribution in [0.1, 0.15) is 5.56 Å². The number of hydrogen-bond donors (Lipinski definition) is 0. The van der Waals surface area contributed by atoms with Crippen molar-refractivity contribution in [3.05, 3.63) is 84.9 Å². The van der Waals surface area contributed by atoms with E-state index in [0.29, 0.717) is 0 Å². The zero-order valence-electron chi connectivity index (χ0n) is 15.8. The first-order valence-corrected chi connectivity index (χ1v) is 10.2. The Morgan fingerprint density at radius 1 is 0.931 bits per heavy atom. The molecular formula is C22H18N6S. The lowest BCUT2D eigenvalue weighted by Gasteiger charge is -2.03. The predicted octanol–water partition coefficient (Wildman–Crippen LogP) is 4.51. The van der Waals surface area contributed by atoms with Gasteiger partial charge < -0.3 is 0 Å². The highest BCUT2D eigenvalue weighted by atomic mass is 32.2. The van der Waals surface area contributed by atoms with Crippen LogP contribution in [0.5, 0.6) is 0 Å². The molecule has 5 rings (SSSR count). The van der Waals surface area contributed by atoms with Crippen molar-refractivity contribution < 1.29 is 0 Å². The first-order chi connectivity index (χ1) is 14.3. The average molecular weight is 398 g/mol. The van der Waals surface area contributed by atoms with E-state index in [1.807, 2.05) is 54.3 Å². The van der Waals surface area contributed by atoms with Gasteiger partial charge in [0.1, 0.15) is 11.4 Å². The Labute approximate surface area is 172 Å². The Bertz CT molecular complexity index is 1260. The molecule has 29 heavy (non-hydrogen) atoms. The summed E-state index contributed by atoms with van der Waals surface area (Å²) < 4.78 is 3.71. The second-order valence-corrected chi connectivity index (χ2v) is 7.59. The normalized spacial score (nSPS) is 11.2. The van der Waals surface area contributed by atoms with Gasteiger partial charge in [0.25, 0.3) is 0 Å². The van der Waals surface area contributed by atoms with Gasteiger partial charge in [-0.25, -0.2) is 14.6 Å². The molecule has 6 nitrogen and oxygen atoms in total. The summed E-state index contributed by atoms with van der Waals surface area (Å²) in [7, 11) is 1.89. The predicted molar refractivity (Wildman–Crippen MR) is 115 cm³/mol. The topological polar surface area (TPSA) is 61.4 Å². The monoisotopic (exact) mass is 398 g/mol. The maximum Gasteiger partial charge on any atom is 0.162 e. The van der Waals surface area contributed by atoms with Gasteiger partial charge in [0, 0.05) is 30.1 Å². The van der Waals surface area contributed by atoms with Crippen LogP contribution in [0, 0.1) is 0 Å². The first kappa shape index (κ1) is 17.6. The van der Waals surface area contributed by atoms with E-state index in [0.717, 1.165) is 44.3 Å². The van der Waals surface area contributed by atoms with Crippen molar-refractivity contribution in [2.24, 2.45) is 7.05 Å². The molecule has 0 unspecified atom stereocenters. The third-order valence-electron chi connectivity index (χ3n) is 4.72. The average Bonchev–Trinajstić information content (AvgIpc) is 3.38. The van der Waals surface area contributed by atoms with Gasteiger partial charge in [-0.3, -0.25) is 4.68 Å². The Morgan fingerprint density at radius 2 is 1.69 bits per heavy atom. The number of aryl methyl sites for hydroxylation is 1. The highest BCUT2D eigenvalue weighted by molar-refractivity contribution is 7.98. The molecule has 0 N–H and O–H groups in total. The number of hydrogen-bond acceptors (Lipinski definition) is 5. The SMILES string of the molecule is Cn1ncc2c(SCc3cn(-c4ccccc4)nc3-c3ccccc3)ncnc21. The molecule has 3 aromatic heterocycles. The highest BCUT2D eigenvalue weighted by Crippen LogP contribution is 2.31. The lowest BCUT2D eigenvalue weighted by molar-refractivity contribution is 0.784. The highest BCUT2D eigenvalue weighted by Gasteiger charge is 2.15. The van der Waals surface area contributed by atoms with Crippen LogP contribution in [0.25, 0.3) is 28.0 Å². The van der Waals surface area contributed by atoms with Crippen molar-refractivity contribution >= 4 is 22.8 Å². The minimum atomic E-state index is 0.748. The molecular weight excluding hydrogens is 380 g/mol. The number of fused-ring (bicyclic) bond motifs is 1. The van der Waals surface area contributed by atoms with Crippen LogP contribution in [-0.4, -0.2) is 29.5 Å². The minimum Gasteiger partial charge on any atom is -0.250 e. The summed E-state index contributed by atoms with van der Waals surface area (Å²) in [6, 6.07) is 20.5.